The first-order chi connectivity index (χ1) is 64.2. The van der Waals surface area contributed by atoms with Crippen LogP contribution in [0.25, 0.3) is 110 Å². The van der Waals surface area contributed by atoms with E-state index < -0.39 is 282 Å². The highest BCUT2D eigenvalue weighted by Crippen LogP contribution is 2.35. The number of benzene rings is 16. The van der Waals surface area contributed by atoms with Gasteiger partial charge in [0, 0.05) is 34.1 Å². The molecule has 16 aromatic rings. The monoisotopic (exact) mass is 1210 g/mol. The van der Waals surface area contributed by atoms with Crippen molar-refractivity contribution in [3.8, 4) is 66.8 Å². The van der Waals surface area contributed by atoms with Crippen LogP contribution < -0.4 is 16.0 Å². The number of fused-ring (bicyclic) bond motifs is 4. The molecule has 432 valence electrons. The van der Waals surface area contributed by atoms with Gasteiger partial charge in [0.15, 0.2) is 0 Å². The second kappa shape index (κ2) is 26.9. The van der Waals surface area contributed by atoms with E-state index in [-0.39, 0.29) is 117 Å². The average molecular weight is 1210 g/mol. The lowest BCUT2D eigenvalue weighted by Gasteiger charge is -2.11. The minimum Gasteiger partial charge on any atom is -0.356 e. The van der Waals surface area contributed by atoms with E-state index in [1.165, 1.54) is 48.5 Å². The molecule has 16 aromatic carbocycles. The number of hydrogen-bond acceptors (Lipinski definition) is 3. The summed E-state index contributed by atoms with van der Waals surface area (Å²) in [6.45, 7) is 0. The van der Waals surface area contributed by atoms with Crippen LogP contribution in [0.3, 0.4) is 0 Å². The van der Waals surface area contributed by atoms with E-state index >= 15 is 0 Å². The maximum absolute atomic E-state index is 8.77. The summed E-state index contributed by atoms with van der Waals surface area (Å²) in [5.41, 5.74) is 0.713. The molecule has 0 radical (unpaired) electrons. The Morgan fingerprint density at radius 2 is 0.538 bits per heavy atom. The second-order valence-corrected chi connectivity index (χ2v) is 19.2. The predicted molar refractivity (Wildman–Crippen MR) is 391 cm³/mol. The summed E-state index contributed by atoms with van der Waals surface area (Å²) in [7, 11) is 0. The van der Waals surface area contributed by atoms with Crippen LogP contribution in [0.2, 0.25) is 0 Å². The molecule has 0 spiro atoms. The molecule has 16 rings (SSSR count). The first kappa shape index (κ1) is 25.2. The van der Waals surface area contributed by atoms with Crippen LogP contribution in [-0.2, 0) is 0 Å². The van der Waals surface area contributed by atoms with Gasteiger partial charge >= 0.3 is 0 Å². The first-order valence-corrected chi connectivity index (χ1v) is 27.3. The van der Waals surface area contributed by atoms with Crippen LogP contribution in [0, 0.1) is 0 Å². The third-order valence-corrected chi connectivity index (χ3v) is 13.4. The third-order valence-electron chi connectivity index (χ3n) is 13.4. The fourth-order valence-electron chi connectivity index (χ4n) is 9.12. The van der Waals surface area contributed by atoms with E-state index in [1.807, 2.05) is 0 Å². The Labute approximate surface area is 597 Å². The molecule has 0 atom stereocenters. The standard InChI is InChI=1S/C32H23N.2C28H21N/c1-2-8-27-22-28(13-12-23(27)6-1)24-14-18-29(19-15-24)33-30-20-16-26(17-21-30)32-11-5-9-25-7-3-4-10-31(25)32;1-2-8-21(9-3-1)24-12-6-13-26(20-24)29-25-18-16-23(17-19-25)28-15-7-11-22-10-4-5-14-27(22)28;1-2-7-21(8-3-1)22-13-17-25(18-14-22)29-26-19-15-24(16-20-26)28-12-6-10-23-9-4-5-11-27(23)28/h1-22,33H;2*1-20,29H/i1D,2D,3D,4D,5D,6D,7D,8D,9D,10D,11D,12D,13D,22D;1D,2D,3D,4D,5D,7D,8D,9D,10D,11D,14D,15D,16D,17D,18D,19D;1D,2D,3D,4D,5D,6D,7D,8D,9D,10D,11D,12D,13D,14D,17D,18D. The quantitative estimate of drug-likeness (QED) is 0.114. The lowest BCUT2D eigenvalue weighted by Crippen LogP contribution is -1.91. The summed E-state index contributed by atoms with van der Waals surface area (Å²) in [5.74, 6) is 0. The number of nitrogens with one attached hydrogen (secondary N) is 3. The zero-order valence-electron chi connectivity index (χ0n) is 92.7. The van der Waals surface area contributed by atoms with Crippen molar-refractivity contribution in [2.75, 3.05) is 16.0 Å². The molecule has 0 bridgehead atoms. The molecule has 0 amide bonds. The van der Waals surface area contributed by atoms with Gasteiger partial charge in [-0.25, -0.2) is 0 Å². The minimum atomic E-state index is -0.717. The molecule has 0 aliphatic rings. The maximum Gasteiger partial charge on any atom is 0.0645 e. The molecule has 3 heteroatoms. The van der Waals surface area contributed by atoms with Gasteiger partial charge in [0.2, 0.25) is 0 Å². The van der Waals surface area contributed by atoms with Gasteiger partial charge in [-0.15, -0.1) is 0 Å². The fraction of sp³-hybridized carbons (Fsp3) is 0. The molecule has 91 heavy (non-hydrogen) atoms. The van der Waals surface area contributed by atoms with Crippen molar-refractivity contribution >= 4 is 77.2 Å². The molecule has 3 N–H and O–H groups in total. The summed E-state index contributed by atoms with van der Waals surface area (Å²) in [6, 6.07) is -0.0446. The maximum atomic E-state index is 8.77. The molecule has 0 saturated carbocycles. The lowest BCUT2D eigenvalue weighted by molar-refractivity contribution is 1.53. The SMILES string of the molecule is [2H]c1c([2H])c([2H])c(-c2c([2H])c([2H])c(Nc3ccc(-c4c([2H])c([2H])c([2H])c5c([2H])c([2H])c([2H])c([2H])c45)cc3)c([2H])c2[2H])c([2H])c1[2H].[2H]c1c([2H])c([2H])c(-c2cccc(Nc3c([2H])c([2H])c(-c4c([2H])c([2H])c([2H])c5c([2H])c([2H])c([2H])c([2H])c45)c([2H])c3[2H])c2)c([2H])c1[2H].[2H]c1c([2H])c([2H])c2c([2H])c(-c3ccc(Nc4ccc(-c5c([2H])c([2H])c([2H])c6c([2H])c([2H])c([2H])c([2H])c56)cc4)cc3)c([2H])c([2H])c2c1[2H]. The summed E-state index contributed by atoms with van der Waals surface area (Å²) in [6.07, 6.45) is 0. The summed E-state index contributed by atoms with van der Waals surface area (Å²) in [4.78, 5) is 0. The molecule has 0 saturated heterocycles. The van der Waals surface area contributed by atoms with Crippen molar-refractivity contribution in [3.63, 3.8) is 0 Å². The molecule has 0 heterocycles. The van der Waals surface area contributed by atoms with Gasteiger partial charge < -0.3 is 16.0 Å². The Hall–Kier alpha value is -12.0. The molecule has 0 aromatic heterocycles. The predicted octanol–water partition coefficient (Wildman–Crippen LogP) is 24.9. The minimum absolute atomic E-state index is 0.000854. The Balaban J connectivity index is 0.000000164. The van der Waals surface area contributed by atoms with Crippen LogP contribution in [0.4, 0.5) is 34.1 Å². The van der Waals surface area contributed by atoms with Gasteiger partial charge in [-0.3, -0.25) is 0 Å². The van der Waals surface area contributed by atoms with Crippen molar-refractivity contribution in [2.24, 2.45) is 0 Å². The third kappa shape index (κ3) is 13.4. The van der Waals surface area contributed by atoms with E-state index in [9.17, 15) is 0 Å². The zero-order valence-corrected chi connectivity index (χ0v) is 46.7. The number of rotatable bonds is 12. The van der Waals surface area contributed by atoms with Crippen molar-refractivity contribution < 1.29 is 63.1 Å². The van der Waals surface area contributed by atoms with Gasteiger partial charge in [-0.05, 0) is 189 Å². The molecular formula is C88H65N3. The average Bonchev–Trinajstić information content (AvgIpc) is 0.603. The van der Waals surface area contributed by atoms with Gasteiger partial charge in [0.25, 0.3) is 0 Å². The Kier molecular flexibility index (Phi) is 7.46. The first-order valence-electron chi connectivity index (χ1n) is 50.3. The van der Waals surface area contributed by atoms with Crippen molar-refractivity contribution in [2.45, 2.75) is 0 Å². The fourth-order valence-corrected chi connectivity index (χ4v) is 9.12. The highest BCUT2D eigenvalue weighted by molar-refractivity contribution is 5.99. The van der Waals surface area contributed by atoms with Crippen molar-refractivity contribution in [1.82, 2.24) is 0 Å². The number of anilines is 6. The van der Waals surface area contributed by atoms with Crippen molar-refractivity contribution in [3.05, 3.63) is 375 Å². The summed E-state index contributed by atoms with van der Waals surface area (Å²) >= 11 is 0. The highest BCUT2D eigenvalue weighted by atomic mass is 14.9. The zero-order chi connectivity index (χ0) is 101. The summed E-state index contributed by atoms with van der Waals surface area (Å²) < 4.78 is 381. The van der Waals surface area contributed by atoms with E-state index in [0.29, 0.717) is 22.5 Å². The Morgan fingerprint density at radius 1 is 0.187 bits per heavy atom. The van der Waals surface area contributed by atoms with E-state index in [4.69, 9.17) is 63.1 Å². The van der Waals surface area contributed by atoms with Crippen LogP contribution in [0.15, 0.2) is 375 Å². The molecule has 0 aliphatic carbocycles. The second-order valence-electron chi connectivity index (χ2n) is 19.2. The highest BCUT2D eigenvalue weighted by Gasteiger charge is 2.09. The number of hydrogen-bond donors (Lipinski definition) is 3. The molecule has 0 unspecified atom stereocenters. The normalized spacial score (nSPS) is 17.9. The molecule has 3 nitrogen and oxygen atoms in total. The topological polar surface area (TPSA) is 36.1 Å². The smallest absolute Gasteiger partial charge is 0.0645 e. The molecule has 0 fully saturated rings. The van der Waals surface area contributed by atoms with Crippen LogP contribution in [-0.4, -0.2) is 0 Å². The van der Waals surface area contributed by atoms with Gasteiger partial charge in [-0.1, -0.05) is 296 Å². The molecule has 0 aliphatic heterocycles. The van der Waals surface area contributed by atoms with Gasteiger partial charge in [-0.2, -0.15) is 0 Å². The van der Waals surface area contributed by atoms with Crippen LogP contribution in [0.1, 0.15) is 63.1 Å². The lowest BCUT2D eigenvalue weighted by atomic mass is 9.98. The largest absolute Gasteiger partial charge is 0.356 e. The Bertz CT molecular complexity index is 7820. The van der Waals surface area contributed by atoms with E-state index in [2.05, 4.69) is 16.0 Å². The Morgan fingerprint density at radius 3 is 1.03 bits per heavy atom. The van der Waals surface area contributed by atoms with Crippen LogP contribution in [0.5, 0.6) is 0 Å². The van der Waals surface area contributed by atoms with E-state index in [1.54, 1.807) is 48.5 Å². The van der Waals surface area contributed by atoms with Gasteiger partial charge in [0.05, 0.1) is 63.1 Å². The van der Waals surface area contributed by atoms with Crippen LogP contribution >= 0.6 is 0 Å². The molecular weight excluding hydrogens is 1100 g/mol. The van der Waals surface area contributed by atoms with Gasteiger partial charge in [0.1, 0.15) is 0 Å². The summed E-state index contributed by atoms with van der Waals surface area (Å²) in [5, 5.41) is 7.35. The van der Waals surface area contributed by atoms with E-state index in [0.717, 1.165) is 0 Å². The van der Waals surface area contributed by atoms with Crippen molar-refractivity contribution in [1.29, 1.82) is 0 Å².